The van der Waals surface area contributed by atoms with Gasteiger partial charge in [-0.15, -0.1) is 0 Å². The van der Waals surface area contributed by atoms with E-state index in [1.807, 2.05) is 26.0 Å². The number of aromatic amines is 1. The first-order valence-corrected chi connectivity index (χ1v) is 18.4. The molecule has 0 saturated heterocycles. The van der Waals surface area contributed by atoms with Crippen molar-refractivity contribution in [1.29, 1.82) is 0 Å². The van der Waals surface area contributed by atoms with Gasteiger partial charge in [-0.05, 0) is 61.6 Å². The molecule has 3 atom stereocenters. The minimum absolute atomic E-state index is 0.110. The number of imidazole rings is 1. The number of methoxy groups -OCH3 is 2. The number of rotatable bonds is 9. The van der Waals surface area contributed by atoms with Crippen LogP contribution in [0.25, 0.3) is 11.0 Å². The molecule has 54 heavy (non-hydrogen) atoms. The Morgan fingerprint density at radius 1 is 1.00 bits per heavy atom. The maximum atomic E-state index is 13.7. The molecule has 2 aromatic carbocycles. The van der Waals surface area contributed by atoms with Gasteiger partial charge in [0.1, 0.15) is 30.1 Å². The fraction of sp³-hybridized carbons (Fsp3) is 0.500. The molecule has 2 aromatic heterocycles. The predicted octanol–water partition coefficient (Wildman–Crippen LogP) is 3.37. The SMILES string of the molecule is CC[C@H](C)[C@@H]1NC(=O)CCCN(C(=O)CCc2nc3ccc(F)cc3[nH]2)CCCNC(=O)Cn2nc(Cc3ccc(OC)c(OC)c3)nc2[C@@H](C)NC1=O. The normalized spacial score (nSPS) is 18.5. The Morgan fingerprint density at radius 2 is 1.78 bits per heavy atom. The molecule has 0 spiro atoms. The molecule has 0 aliphatic carbocycles. The second kappa shape index (κ2) is 18.5. The van der Waals surface area contributed by atoms with Crippen LogP contribution in [0.5, 0.6) is 11.5 Å². The number of hydrogen-bond donors (Lipinski definition) is 4. The maximum absolute atomic E-state index is 13.7. The lowest BCUT2D eigenvalue weighted by molar-refractivity contribution is -0.132. The molecule has 0 radical (unpaired) electrons. The molecule has 290 valence electrons. The standard InChI is InChI=1S/C38H50FN9O6/c1-6-23(2)36-38(52)41-24(3)37-44-32(20-25-10-13-29(53-4)30(19-25)54-5)46-48(37)22-34(50)40-16-8-18-47(17-7-9-33(49)45-36)35(51)15-14-31-42-27-12-11-26(39)21-28(27)43-31/h10-13,19,21,23-24,36H,6-9,14-18,20,22H2,1-5H3,(H,40,50)(H,41,52)(H,42,43)(H,45,49)/t23-,24+,36-/m0/s1. The number of nitrogens with one attached hydrogen (secondary N) is 4. The highest BCUT2D eigenvalue weighted by molar-refractivity contribution is 5.88. The van der Waals surface area contributed by atoms with Gasteiger partial charge < -0.3 is 35.3 Å². The number of ether oxygens (including phenoxy) is 2. The van der Waals surface area contributed by atoms with Crippen molar-refractivity contribution in [3.8, 4) is 11.5 Å². The van der Waals surface area contributed by atoms with E-state index in [2.05, 4.69) is 31.0 Å². The van der Waals surface area contributed by atoms with Crippen molar-refractivity contribution in [3.63, 3.8) is 0 Å². The molecule has 16 heteroatoms. The number of halogens is 1. The van der Waals surface area contributed by atoms with Gasteiger partial charge in [-0.25, -0.2) is 19.0 Å². The lowest BCUT2D eigenvalue weighted by atomic mass is 9.97. The van der Waals surface area contributed by atoms with Crippen LogP contribution < -0.4 is 25.4 Å². The largest absolute Gasteiger partial charge is 0.493 e. The second-order valence-electron chi connectivity index (χ2n) is 13.6. The number of hydrogen-bond acceptors (Lipinski definition) is 9. The fourth-order valence-corrected chi connectivity index (χ4v) is 6.42. The van der Waals surface area contributed by atoms with Crippen LogP contribution >= 0.6 is 0 Å². The highest BCUT2D eigenvalue weighted by atomic mass is 19.1. The van der Waals surface area contributed by atoms with Gasteiger partial charge in [-0.3, -0.25) is 19.2 Å². The van der Waals surface area contributed by atoms with E-state index < -0.39 is 12.1 Å². The summed E-state index contributed by atoms with van der Waals surface area (Å²) in [5.41, 5.74) is 2.03. The zero-order valence-corrected chi connectivity index (χ0v) is 31.5. The summed E-state index contributed by atoms with van der Waals surface area (Å²) in [5, 5.41) is 13.5. The van der Waals surface area contributed by atoms with Crippen molar-refractivity contribution >= 4 is 34.7 Å². The van der Waals surface area contributed by atoms with Gasteiger partial charge in [0.15, 0.2) is 17.3 Å². The number of fused-ring (bicyclic) bond motifs is 2. The summed E-state index contributed by atoms with van der Waals surface area (Å²) in [6.07, 6.45) is 2.40. The minimum atomic E-state index is -0.815. The van der Waals surface area contributed by atoms with E-state index in [1.165, 1.54) is 16.8 Å². The smallest absolute Gasteiger partial charge is 0.243 e. The monoisotopic (exact) mass is 747 g/mol. The van der Waals surface area contributed by atoms with Gasteiger partial charge in [0.05, 0.1) is 31.3 Å². The van der Waals surface area contributed by atoms with Gasteiger partial charge in [0, 0.05) is 45.3 Å². The summed E-state index contributed by atoms with van der Waals surface area (Å²) in [6, 6.07) is 8.33. The third kappa shape index (κ3) is 10.3. The summed E-state index contributed by atoms with van der Waals surface area (Å²) in [7, 11) is 3.12. The summed E-state index contributed by atoms with van der Waals surface area (Å²) >= 11 is 0. The number of benzene rings is 2. The Labute approximate surface area is 313 Å². The Morgan fingerprint density at radius 3 is 2.54 bits per heavy atom. The van der Waals surface area contributed by atoms with E-state index >= 15 is 0 Å². The Balaban J connectivity index is 1.33. The number of carbonyl (C=O) groups excluding carboxylic acids is 4. The molecule has 0 saturated carbocycles. The van der Waals surface area contributed by atoms with E-state index in [9.17, 15) is 23.6 Å². The van der Waals surface area contributed by atoms with Gasteiger partial charge in [-0.1, -0.05) is 26.3 Å². The van der Waals surface area contributed by atoms with E-state index in [0.717, 1.165) is 5.56 Å². The third-order valence-electron chi connectivity index (χ3n) is 9.59. The van der Waals surface area contributed by atoms with Crippen LogP contribution in [-0.4, -0.2) is 93.2 Å². The third-order valence-corrected chi connectivity index (χ3v) is 9.59. The van der Waals surface area contributed by atoms with Crippen molar-refractivity contribution in [2.45, 2.75) is 84.3 Å². The predicted molar refractivity (Wildman–Crippen MR) is 198 cm³/mol. The van der Waals surface area contributed by atoms with E-state index in [4.69, 9.17) is 14.5 Å². The first-order chi connectivity index (χ1) is 26.0. The molecule has 1 aliphatic heterocycles. The van der Waals surface area contributed by atoms with E-state index in [-0.39, 0.29) is 54.8 Å². The topological polar surface area (TPSA) is 185 Å². The van der Waals surface area contributed by atoms with Crippen molar-refractivity contribution in [2.75, 3.05) is 33.9 Å². The molecule has 0 bridgehead atoms. The summed E-state index contributed by atoms with van der Waals surface area (Å²) in [4.78, 5) is 67.6. The van der Waals surface area contributed by atoms with Crippen LogP contribution in [0.1, 0.15) is 82.0 Å². The second-order valence-corrected chi connectivity index (χ2v) is 13.6. The Bertz CT molecular complexity index is 1950. The van der Waals surface area contributed by atoms with Gasteiger partial charge >= 0.3 is 0 Å². The number of aromatic nitrogens is 5. The van der Waals surface area contributed by atoms with Crippen LogP contribution in [0.4, 0.5) is 4.39 Å². The minimum Gasteiger partial charge on any atom is -0.493 e. The average molecular weight is 748 g/mol. The molecule has 4 N–H and O–H groups in total. The number of aryl methyl sites for hydroxylation is 1. The fourth-order valence-electron chi connectivity index (χ4n) is 6.42. The highest BCUT2D eigenvalue weighted by Gasteiger charge is 2.29. The zero-order chi connectivity index (χ0) is 38.8. The van der Waals surface area contributed by atoms with E-state index in [0.29, 0.717) is 91.7 Å². The van der Waals surface area contributed by atoms with Crippen molar-refractivity contribution in [1.82, 2.24) is 45.6 Å². The Hall–Kier alpha value is -5.54. The molecule has 15 nitrogen and oxygen atoms in total. The lowest BCUT2D eigenvalue weighted by Gasteiger charge is -2.26. The van der Waals surface area contributed by atoms with Crippen LogP contribution in [0.15, 0.2) is 36.4 Å². The average Bonchev–Trinajstić information content (AvgIpc) is 3.75. The first-order valence-electron chi connectivity index (χ1n) is 18.4. The summed E-state index contributed by atoms with van der Waals surface area (Å²) in [6.45, 7) is 6.42. The van der Waals surface area contributed by atoms with Gasteiger partial charge in [0.25, 0.3) is 0 Å². The van der Waals surface area contributed by atoms with Crippen LogP contribution in [0.3, 0.4) is 0 Å². The summed E-state index contributed by atoms with van der Waals surface area (Å²) < 4.78 is 26.0. The maximum Gasteiger partial charge on any atom is 0.243 e. The van der Waals surface area contributed by atoms with Crippen LogP contribution in [-0.2, 0) is 38.6 Å². The molecule has 5 rings (SSSR count). The number of amides is 4. The van der Waals surface area contributed by atoms with Crippen LogP contribution in [0, 0.1) is 11.7 Å². The molecular formula is C38H50FN9O6. The van der Waals surface area contributed by atoms with Gasteiger partial charge in [0.2, 0.25) is 23.6 Å². The molecule has 0 unspecified atom stereocenters. The molecule has 4 aromatic rings. The molecule has 4 amide bonds. The number of nitrogens with zero attached hydrogens (tertiary/aromatic N) is 5. The quantitative estimate of drug-likeness (QED) is 0.199. The van der Waals surface area contributed by atoms with Crippen molar-refractivity contribution in [3.05, 3.63) is 65.3 Å². The molecule has 1 aliphatic rings. The Kier molecular flexibility index (Phi) is 13.6. The van der Waals surface area contributed by atoms with Crippen molar-refractivity contribution < 1.29 is 33.0 Å². The first kappa shape index (κ1) is 39.7. The van der Waals surface area contributed by atoms with E-state index in [1.54, 1.807) is 38.2 Å². The number of H-pyrrole nitrogens is 1. The zero-order valence-electron chi connectivity index (χ0n) is 31.5. The van der Waals surface area contributed by atoms with Crippen molar-refractivity contribution in [2.24, 2.45) is 5.92 Å². The van der Waals surface area contributed by atoms with Gasteiger partial charge in [-0.2, -0.15) is 5.10 Å². The summed E-state index contributed by atoms with van der Waals surface area (Å²) in [5.74, 6) is 0.867. The molecule has 3 heterocycles. The van der Waals surface area contributed by atoms with Crippen LogP contribution in [0.2, 0.25) is 0 Å². The molecule has 0 fully saturated rings. The lowest BCUT2D eigenvalue weighted by Crippen LogP contribution is -2.51. The highest BCUT2D eigenvalue weighted by Crippen LogP contribution is 2.28. The number of carbonyl (C=O) groups is 4. The molecular weight excluding hydrogens is 697 g/mol.